The Balaban J connectivity index is 1.63. The predicted octanol–water partition coefficient (Wildman–Crippen LogP) is 4.53. The smallest absolute Gasteiger partial charge is 0.0642 e. The number of anilines is 1. The number of piperidine rings is 1. The summed E-state index contributed by atoms with van der Waals surface area (Å²) in [7, 11) is 0. The van der Waals surface area contributed by atoms with Crippen LogP contribution in [0.1, 0.15) is 51.0 Å². The van der Waals surface area contributed by atoms with Gasteiger partial charge in [-0.05, 0) is 62.4 Å². The normalized spacial score (nSPS) is 21.4. The number of hydrogen-bond donors (Lipinski definition) is 0. The lowest BCUT2D eigenvalue weighted by atomic mass is 10.0. The molecule has 0 N–H and O–H groups in total. The fraction of sp³-hybridized carbons (Fsp3) is 0.667. The number of likely N-dealkylation sites (tertiary alicyclic amines) is 1. The second-order valence-corrected chi connectivity index (χ2v) is 7.23. The lowest BCUT2D eigenvalue weighted by Crippen LogP contribution is -2.43. The van der Waals surface area contributed by atoms with Crippen LogP contribution in [0.15, 0.2) is 18.2 Å². The zero-order valence-electron chi connectivity index (χ0n) is 13.3. The van der Waals surface area contributed by atoms with Crippen molar-refractivity contribution < 1.29 is 0 Å². The van der Waals surface area contributed by atoms with Crippen LogP contribution in [0.5, 0.6) is 0 Å². The SMILES string of the molecule is CC(C)c1ccc(N2CCC(N3CCCC3)CC2)c(Cl)c1. The van der Waals surface area contributed by atoms with E-state index in [1.54, 1.807) is 0 Å². The lowest BCUT2D eigenvalue weighted by Gasteiger charge is -2.38. The van der Waals surface area contributed by atoms with E-state index in [2.05, 4.69) is 41.8 Å². The quantitative estimate of drug-likeness (QED) is 0.809. The van der Waals surface area contributed by atoms with Gasteiger partial charge in [-0.3, -0.25) is 0 Å². The minimum Gasteiger partial charge on any atom is -0.370 e. The maximum absolute atomic E-state index is 6.52. The Morgan fingerprint density at radius 2 is 1.71 bits per heavy atom. The first-order valence-electron chi connectivity index (χ1n) is 8.43. The Morgan fingerprint density at radius 1 is 1.05 bits per heavy atom. The lowest BCUT2D eigenvalue weighted by molar-refractivity contribution is 0.208. The van der Waals surface area contributed by atoms with Crippen LogP contribution in [-0.4, -0.2) is 37.1 Å². The van der Waals surface area contributed by atoms with E-state index < -0.39 is 0 Å². The molecule has 0 bridgehead atoms. The van der Waals surface area contributed by atoms with Gasteiger partial charge in [0.2, 0.25) is 0 Å². The van der Waals surface area contributed by atoms with Crippen molar-refractivity contribution in [3.8, 4) is 0 Å². The Labute approximate surface area is 134 Å². The third kappa shape index (κ3) is 3.37. The molecule has 3 heteroatoms. The molecule has 0 unspecified atom stereocenters. The molecule has 2 aliphatic rings. The maximum Gasteiger partial charge on any atom is 0.0642 e. The summed E-state index contributed by atoms with van der Waals surface area (Å²) in [5.74, 6) is 0.539. The van der Waals surface area contributed by atoms with Gasteiger partial charge in [0.25, 0.3) is 0 Å². The van der Waals surface area contributed by atoms with Gasteiger partial charge in [0.05, 0.1) is 10.7 Å². The van der Waals surface area contributed by atoms with Gasteiger partial charge in [0.15, 0.2) is 0 Å². The molecule has 0 aliphatic carbocycles. The molecular formula is C18H27ClN2. The fourth-order valence-electron chi connectivity index (χ4n) is 3.72. The van der Waals surface area contributed by atoms with Gasteiger partial charge < -0.3 is 9.80 Å². The van der Waals surface area contributed by atoms with Gasteiger partial charge in [-0.15, -0.1) is 0 Å². The molecule has 2 saturated heterocycles. The van der Waals surface area contributed by atoms with Crippen molar-refractivity contribution >= 4 is 17.3 Å². The van der Waals surface area contributed by atoms with Gasteiger partial charge >= 0.3 is 0 Å². The summed E-state index contributed by atoms with van der Waals surface area (Å²) in [6.45, 7) is 9.34. The first-order chi connectivity index (χ1) is 10.1. The predicted molar refractivity (Wildman–Crippen MR) is 91.6 cm³/mol. The summed E-state index contributed by atoms with van der Waals surface area (Å²) >= 11 is 6.52. The second-order valence-electron chi connectivity index (χ2n) is 6.83. The molecule has 0 saturated carbocycles. The zero-order valence-corrected chi connectivity index (χ0v) is 14.1. The topological polar surface area (TPSA) is 6.48 Å². The molecule has 1 aromatic carbocycles. The average Bonchev–Trinajstić information content (AvgIpc) is 3.01. The van der Waals surface area contributed by atoms with Gasteiger partial charge in [0.1, 0.15) is 0 Å². The van der Waals surface area contributed by atoms with E-state index in [9.17, 15) is 0 Å². The molecule has 1 aromatic rings. The second kappa shape index (κ2) is 6.58. The molecule has 0 spiro atoms. The highest BCUT2D eigenvalue weighted by atomic mass is 35.5. The molecule has 0 aromatic heterocycles. The molecule has 2 nitrogen and oxygen atoms in total. The van der Waals surface area contributed by atoms with E-state index in [0.29, 0.717) is 5.92 Å². The summed E-state index contributed by atoms with van der Waals surface area (Å²) in [6.07, 6.45) is 5.34. The number of rotatable bonds is 3. The fourth-order valence-corrected chi connectivity index (χ4v) is 4.03. The van der Waals surface area contributed by atoms with Crippen molar-refractivity contribution in [3.63, 3.8) is 0 Å². The minimum absolute atomic E-state index is 0.539. The van der Waals surface area contributed by atoms with E-state index in [1.165, 1.54) is 50.0 Å². The van der Waals surface area contributed by atoms with Crippen molar-refractivity contribution in [2.24, 2.45) is 0 Å². The van der Waals surface area contributed by atoms with Crippen LogP contribution in [0.25, 0.3) is 0 Å². The number of halogens is 1. The summed E-state index contributed by atoms with van der Waals surface area (Å²) in [4.78, 5) is 5.17. The highest BCUT2D eigenvalue weighted by Crippen LogP contribution is 2.32. The minimum atomic E-state index is 0.539. The number of hydrogen-bond acceptors (Lipinski definition) is 2. The Bertz CT molecular complexity index is 472. The molecule has 0 radical (unpaired) electrons. The number of benzene rings is 1. The molecule has 3 rings (SSSR count). The van der Waals surface area contributed by atoms with E-state index in [4.69, 9.17) is 11.6 Å². The molecule has 0 atom stereocenters. The molecule has 0 amide bonds. The zero-order chi connectivity index (χ0) is 14.8. The van der Waals surface area contributed by atoms with Crippen molar-refractivity contribution in [3.05, 3.63) is 28.8 Å². The van der Waals surface area contributed by atoms with Crippen LogP contribution >= 0.6 is 11.6 Å². The third-order valence-electron chi connectivity index (χ3n) is 5.10. The molecule has 2 aliphatic heterocycles. The van der Waals surface area contributed by atoms with Crippen LogP contribution < -0.4 is 4.90 Å². The van der Waals surface area contributed by atoms with Crippen molar-refractivity contribution in [2.45, 2.75) is 51.5 Å². The van der Waals surface area contributed by atoms with Gasteiger partial charge in [-0.25, -0.2) is 0 Å². The largest absolute Gasteiger partial charge is 0.370 e. The molecule has 116 valence electrons. The monoisotopic (exact) mass is 306 g/mol. The van der Waals surface area contributed by atoms with Crippen LogP contribution in [0.3, 0.4) is 0 Å². The maximum atomic E-state index is 6.52. The van der Waals surface area contributed by atoms with Gasteiger partial charge in [-0.1, -0.05) is 31.5 Å². The van der Waals surface area contributed by atoms with Crippen LogP contribution in [0.4, 0.5) is 5.69 Å². The van der Waals surface area contributed by atoms with Crippen molar-refractivity contribution in [2.75, 3.05) is 31.1 Å². The highest BCUT2D eigenvalue weighted by molar-refractivity contribution is 6.33. The molecule has 2 fully saturated rings. The highest BCUT2D eigenvalue weighted by Gasteiger charge is 2.27. The van der Waals surface area contributed by atoms with Gasteiger partial charge in [0, 0.05) is 19.1 Å². The van der Waals surface area contributed by atoms with Crippen LogP contribution in [0, 0.1) is 0 Å². The summed E-state index contributed by atoms with van der Waals surface area (Å²) in [6, 6.07) is 7.40. The molecule has 2 heterocycles. The standard InChI is InChI=1S/C18H27ClN2/c1-14(2)15-5-6-18(17(19)13-15)21-11-7-16(8-12-21)20-9-3-4-10-20/h5-6,13-14,16H,3-4,7-12H2,1-2H3. The summed E-state index contributed by atoms with van der Waals surface area (Å²) in [5, 5.41) is 0.917. The number of nitrogens with zero attached hydrogens (tertiary/aromatic N) is 2. The summed E-state index contributed by atoms with van der Waals surface area (Å²) in [5.41, 5.74) is 2.55. The average molecular weight is 307 g/mol. The van der Waals surface area contributed by atoms with Crippen LogP contribution in [0.2, 0.25) is 5.02 Å². The van der Waals surface area contributed by atoms with Crippen LogP contribution in [-0.2, 0) is 0 Å². The first kappa shape index (κ1) is 15.2. The van der Waals surface area contributed by atoms with E-state index in [0.717, 1.165) is 24.2 Å². The van der Waals surface area contributed by atoms with Crippen molar-refractivity contribution in [1.82, 2.24) is 4.90 Å². The molecular weight excluding hydrogens is 280 g/mol. The van der Waals surface area contributed by atoms with E-state index in [1.807, 2.05) is 0 Å². The van der Waals surface area contributed by atoms with Gasteiger partial charge in [-0.2, -0.15) is 0 Å². The summed E-state index contributed by atoms with van der Waals surface area (Å²) < 4.78 is 0. The Kier molecular flexibility index (Phi) is 4.75. The first-order valence-corrected chi connectivity index (χ1v) is 8.81. The van der Waals surface area contributed by atoms with E-state index in [-0.39, 0.29) is 0 Å². The van der Waals surface area contributed by atoms with Crippen molar-refractivity contribution in [1.29, 1.82) is 0 Å². The Hall–Kier alpha value is -0.730. The molecule has 21 heavy (non-hydrogen) atoms. The third-order valence-corrected chi connectivity index (χ3v) is 5.40. The van der Waals surface area contributed by atoms with E-state index >= 15 is 0 Å². The Morgan fingerprint density at radius 3 is 2.29 bits per heavy atom.